The molecular formula is C17H28N2. The number of nitrogens with one attached hydrogen (secondary N) is 1. The summed E-state index contributed by atoms with van der Waals surface area (Å²) in [4.78, 5) is 2.60. The van der Waals surface area contributed by atoms with Gasteiger partial charge < -0.3 is 10.2 Å². The average molecular weight is 260 g/mol. The third-order valence-corrected chi connectivity index (χ3v) is 4.29. The number of nitrogens with zero attached hydrogens (tertiary/aromatic N) is 1. The predicted molar refractivity (Wildman–Crippen MR) is 84.0 cm³/mol. The summed E-state index contributed by atoms with van der Waals surface area (Å²) in [5.74, 6) is 0.808. The van der Waals surface area contributed by atoms with Crippen LogP contribution in [0.3, 0.4) is 0 Å². The summed E-state index contributed by atoms with van der Waals surface area (Å²) in [6.07, 6.45) is 2.55. The second-order valence-electron chi connectivity index (χ2n) is 6.73. The highest BCUT2D eigenvalue weighted by Crippen LogP contribution is 2.35. The Morgan fingerprint density at radius 1 is 1.21 bits per heavy atom. The Bertz CT molecular complexity index is 417. The van der Waals surface area contributed by atoms with E-state index in [9.17, 15) is 0 Å². The molecule has 1 heterocycles. The first-order chi connectivity index (χ1) is 8.92. The van der Waals surface area contributed by atoms with Crippen molar-refractivity contribution in [2.75, 3.05) is 25.0 Å². The zero-order chi connectivity index (χ0) is 14.0. The fourth-order valence-corrected chi connectivity index (χ4v) is 3.58. The summed E-state index contributed by atoms with van der Waals surface area (Å²) in [6.45, 7) is 11.5. The maximum atomic E-state index is 3.33. The Morgan fingerprint density at radius 2 is 1.84 bits per heavy atom. The lowest BCUT2D eigenvalue weighted by Crippen LogP contribution is -2.51. The number of rotatable bonds is 3. The van der Waals surface area contributed by atoms with Gasteiger partial charge in [-0.3, -0.25) is 0 Å². The Labute approximate surface area is 118 Å². The molecule has 0 aromatic heterocycles. The summed E-state index contributed by atoms with van der Waals surface area (Å²) < 4.78 is 0. The summed E-state index contributed by atoms with van der Waals surface area (Å²) >= 11 is 0. The van der Waals surface area contributed by atoms with Crippen LogP contribution < -0.4 is 10.2 Å². The van der Waals surface area contributed by atoms with Crippen LogP contribution >= 0.6 is 0 Å². The Balaban J connectivity index is 2.21. The van der Waals surface area contributed by atoms with Crippen molar-refractivity contribution in [3.8, 4) is 0 Å². The third kappa shape index (κ3) is 3.30. The number of benzene rings is 1. The highest BCUT2D eigenvalue weighted by Gasteiger charge is 2.34. The van der Waals surface area contributed by atoms with Gasteiger partial charge in [-0.05, 0) is 83.3 Å². The van der Waals surface area contributed by atoms with E-state index in [1.54, 1.807) is 0 Å². The van der Waals surface area contributed by atoms with Gasteiger partial charge in [0.1, 0.15) is 0 Å². The van der Waals surface area contributed by atoms with Gasteiger partial charge in [-0.15, -0.1) is 0 Å². The molecule has 1 aliphatic rings. The first-order valence-corrected chi connectivity index (χ1v) is 7.43. The summed E-state index contributed by atoms with van der Waals surface area (Å²) in [6, 6.07) is 6.91. The van der Waals surface area contributed by atoms with E-state index in [1.807, 2.05) is 0 Å². The van der Waals surface area contributed by atoms with Gasteiger partial charge in [0.15, 0.2) is 0 Å². The van der Waals surface area contributed by atoms with E-state index in [1.165, 1.54) is 36.2 Å². The monoisotopic (exact) mass is 260 g/mol. The number of aryl methyl sites for hydroxylation is 2. The van der Waals surface area contributed by atoms with Crippen LogP contribution in [0.25, 0.3) is 0 Å². The molecule has 0 radical (unpaired) electrons. The molecule has 1 atom stereocenters. The molecule has 2 rings (SSSR count). The van der Waals surface area contributed by atoms with E-state index in [0.717, 1.165) is 12.5 Å². The number of piperidine rings is 1. The fourth-order valence-electron chi connectivity index (χ4n) is 3.58. The molecule has 1 aromatic rings. The summed E-state index contributed by atoms with van der Waals surface area (Å²) in [7, 11) is 2.06. The van der Waals surface area contributed by atoms with E-state index in [0.29, 0.717) is 0 Å². The van der Waals surface area contributed by atoms with E-state index in [2.05, 4.69) is 63.2 Å². The molecule has 2 nitrogen and oxygen atoms in total. The topological polar surface area (TPSA) is 15.3 Å². The van der Waals surface area contributed by atoms with E-state index < -0.39 is 0 Å². The molecule has 0 bridgehead atoms. The van der Waals surface area contributed by atoms with Crippen molar-refractivity contribution in [1.82, 2.24) is 5.32 Å². The molecule has 1 aliphatic heterocycles. The smallest absolute Gasteiger partial charge is 0.0375 e. The van der Waals surface area contributed by atoms with Gasteiger partial charge in [-0.2, -0.15) is 0 Å². The van der Waals surface area contributed by atoms with Crippen molar-refractivity contribution < 1.29 is 0 Å². The maximum absolute atomic E-state index is 3.33. The largest absolute Gasteiger partial charge is 0.366 e. The molecule has 0 saturated carbocycles. The summed E-state index contributed by atoms with van der Waals surface area (Å²) in [5, 5.41) is 3.33. The lowest BCUT2D eigenvalue weighted by Gasteiger charge is -2.47. The molecule has 1 N–H and O–H groups in total. The van der Waals surface area contributed by atoms with Gasteiger partial charge in [0.2, 0.25) is 0 Å². The second kappa shape index (κ2) is 5.54. The van der Waals surface area contributed by atoms with Crippen LogP contribution in [0, 0.1) is 19.8 Å². The third-order valence-electron chi connectivity index (χ3n) is 4.29. The van der Waals surface area contributed by atoms with Gasteiger partial charge in [0.05, 0.1) is 0 Å². The Morgan fingerprint density at radius 3 is 2.37 bits per heavy atom. The van der Waals surface area contributed by atoms with Crippen LogP contribution in [0.4, 0.5) is 5.69 Å². The molecule has 1 fully saturated rings. The highest BCUT2D eigenvalue weighted by atomic mass is 15.2. The normalized spacial score (nSPS) is 22.6. The predicted octanol–water partition coefficient (Wildman–Crippen LogP) is 3.52. The number of hydrogen-bond acceptors (Lipinski definition) is 2. The molecule has 0 spiro atoms. The van der Waals surface area contributed by atoms with Crippen molar-refractivity contribution in [3.05, 3.63) is 29.3 Å². The van der Waals surface area contributed by atoms with Crippen LogP contribution in [0.5, 0.6) is 0 Å². The first kappa shape index (κ1) is 14.4. The minimum atomic E-state index is 0.250. The second-order valence-corrected chi connectivity index (χ2v) is 6.73. The van der Waals surface area contributed by atoms with Crippen LogP contribution in [0.1, 0.15) is 37.8 Å². The van der Waals surface area contributed by atoms with Gasteiger partial charge in [0, 0.05) is 17.8 Å². The molecule has 0 amide bonds. The minimum Gasteiger partial charge on any atom is -0.366 e. The maximum Gasteiger partial charge on any atom is 0.0375 e. The van der Waals surface area contributed by atoms with Crippen molar-refractivity contribution in [1.29, 1.82) is 0 Å². The summed E-state index contributed by atoms with van der Waals surface area (Å²) in [5.41, 5.74) is 4.37. The van der Waals surface area contributed by atoms with Gasteiger partial charge >= 0.3 is 0 Å². The number of hydrogen-bond donors (Lipinski definition) is 1. The quantitative estimate of drug-likeness (QED) is 0.894. The van der Waals surface area contributed by atoms with Crippen LogP contribution in [0.15, 0.2) is 18.2 Å². The molecule has 19 heavy (non-hydrogen) atoms. The van der Waals surface area contributed by atoms with E-state index in [4.69, 9.17) is 0 Å². The zero-order valence-corrected chi connectivity index (χ0v) is 13.1. The SMILES string of the molecule is CNCC1CCN(c2cc(C)cc(C)c2)C(C)(C)C1. The first-order valence-electron chi connectivity index (χ1n) is 7.43. The van der Waals surface area contributed by atoms with Crippen molar-refractivity contribution >= 4 is 5.69 Å². The van der Waals surface area contributed by atoms with Crippen molar-refractivity contribution in [2.45, 2.75) is 46.1 Å². The molecule has 1 aromatic carbocycles. The lowest BCUT2D eigenvalue weighted by molar-refractivity contribution is 0.270. The molecule has 1 unspecified atom stereocenters. The van der Waals surface area contributed by atoms with Crippen LogP contribution in [0.2, 0.25) is 0 Å². The fraction of sp³-hybridized carbons (Fsp3) is 0.647. The Hall–Kier alpha value is -1.02. The van der Waals surface area contributed by atoms with Crippen LogP contribution in [-0.4, -0.2) is 25.7 Å². The minimum absolute atomic E-state index is 0.250. The van der Waals surface area contributed by atoms with Gasteiger partial charge in [-0.1, -0.05) is 6.07 Å². The molecule has 2 heteroatoms. The van der Waals surface area contributed by atoms with E-state index >= 15 is 0 Å². The molecule has 1 saturated heterocycles. The Kier molecular flexibility index (Phi) is 4.19. The highest BCUT2D eigenvalue weighted by molar-refractivity contribution is 5.53. The lowest BCUT2D eigenvalue weighted by atomic mass is 9.82. The average Bonchev–Trinajstić information content (AvgIpc) is 2.26. The van der Waals surface area contributed by atoms with Gasteiger partial charge in [0.25, 0.3) is 0 Å². The standard InChI is InChI=1S/C17H28N2/c1-13-8-14(2)10-16(9-13)19-7-6-15(12-18-5)11-17(19,3)4/h8-10,15,18H,6-7,11-12H2,1-5H3. The van der Waals surface area contributed by atoms with Gasteiger partial charge in [-0.25, -0.2) is 0 Å². The number of anilines is 1. The van der Waals surface area contributed by atoms with Crippen LogP contribution in [-0.2, 0) is 0 Å². The zero-order valence-electron chi connectivity index (χ0n) is 13.1. The van der Waals surface area contributed by atoms with E-state index in [-0.39, 0.29) is 5.54 Å². The molecule has 0 aliphatic carbocycles. The molecular weight excluding hydrogens is 232 g/mol. The molecule has 106 valence electrons. The van der Waals surface area contributed by atoms with Crippen molar-refractivity contribution in [3.63, 3.8) is 0 Å². The van der Waals surface area contributed by atoms with Crippen molar-refractivity contribution in [2.24, 2.45) is 5.92 Å².